The highest BCUT2D eigenvalue weighted by molar-refractivity contribution is 5.58. The van der Waals surface area contributed by atoms with Gasteiger partial charge in [0.25, 0.3) is 0 Å². The molecule has 0 radical (unpaired) electrons. The SMILES string of the molecule is CCNc1nc(C2CC2)nc(NC(C)(C)CO)c1C. The number of hydrogen-bond acceptors (Lipinski definition) is 5. The van der Waals surface area contributed by atoms with Crippen LogP contribution in [-0.4, -0.2) is 33.8 Å². The smallest absolute Gasteiger partial charge is 0.136 e. The summed E-state index contributed by atoms with van der Waals surface area (Å²) in [5.41, 5.74) is 0.622. The Balaban J connectivity index is 2.34. The number of rotatable bonds is 6. The minimum absolute atomic E-state index is 0.0613. The van der Waals surface area contributed by atoms with E-state index in [0.29, 0.717) is 5.92 Å². The van der Waals surface area contributed by atoms with E-state index in [1.165, 1.54) is 12.8 Å². The standard InChI is InChI=1S/C14H24N4O/c1-5-15-11-9(2)12(18-14(3,4)8-19)17-13(16-11)10-6-7-10/h10,19H,5-8H2,1-4H3,(H2,15,16,17,18). The zero-order valence-corrected chi connectivity index (χ0v) is 12.2. The van der Waals surface area contributed by atoms with E-state index in [4.69, 9.17) is 0 Å². The molecule has 0 amide bonds. The first-order chi connectivity index (χ1) is 8.96. The first kappa shape index (κ1) is 14.1. The van der Waals surface area contributed by atoms with Gasteiger partial charge in [-0.25, -0.2) is 9.97 Å². The Kier molecular flexibility index (Phi) is 3.94. The first-order valence-electron chi connectivity index (χ1n) is 6.98. The van der Waals surface area contributed by atoms with Crippen LogP contribution in [0.15, 0.2) is 0 Å². The number of aliphatic hydroxyl groups is 1. The molecule has 0 saturated heterocycles. The highest BCUT2D eigenvalue weighted by Crippen LogP contribution is 2.39. The van der Waals surface area contributed by atoms with E-state index in [-0.39, 0.29) is 12.1 Å². The molecule has 0 spiro atoms. The molecule has 1 aliphatic rings. The van der Waals surface area contributed by atoms with Gasteiger partial charge in [0.15, 0.2) is 0 Å². The van der Waals surface area contributed by atoms with Crippen molar-refractivity contribution in [2.24, 2.45) is 0 Å². The second-order valence-electron chi connectivity index (χ2n) is 5.88. The van der Waals surface area contributed by atoms with Crippen molar-refractivity contribution in [2.75, 3.05) is 23.8 Å². The molecule has 3 N–H and O–H groups in total. The van der Waals surface area contributed by atoms with Gasteiger partial charge in [-0.3, -0.25) is 0 Å². The minimum Gasteiger partial charge on any atom is -0.394 e. The van der Waals surface area contributed by atoms with Gasteiger partial charge >= 0.3 is 0 Å². The van der Waals surface area contributed by atoms with Crippen molar-refractivity contribution in [1.29, 1.82) is 0 Å². The maximum Gasteiger partial charge on any atom is 0.136 e. The molecule has 0 aromatic carbocycles. The molecule has 0 atom stereocenters. The van der Waals surface area contributed by atoms with Crippen LogP contribution in [0.2, 0.25) is 0 Å². The Morgan fingerprint density at radius 1 is 1.26 bits per heavy atom. The van der Waals surface area contributed by atoms with Crippen molar-refractivity contribution < 1.29 is 5.11 Å². The van der Waals surface area contributed by atoms with Gasteiger partial charge in [0, 0.05) is 18.0 Å². The molecule has 106 valence electrons. The molecule has 1 aliphatic carbocycles. The average Bonchev–Trinajstić information content (AvgIpc) is 3.18. The lowest BCUT2D eigenvalue weighted by Crippen LogP contribution is -2.36. The van der Waals surface area contributed by atoms with Crippen LogP contribution in [0.1, 0.15) is 50.9 Å². The summed E-state index contributed by atoms with van der Waals surface area (Å²) in [7, 11) is 0. The summed E-state index contributed by atoms with van der Waals surface area (Å²) in [6.45, 7) is 8.88. The summed E-state index contributed by atoms with van der Waals surface area (Å²) in [5, 5.41) is 16.0. The normalized spacial score (nSPS) is 15.4. The van der Waals surface area contributed by atoms with Gasteiger partial charge in [-0.1, -0.05) is 0 Å². The highest BCUT2D eigenvalue weighted by atomic mass is 16.3. The molecule has 1 heterocycles. The van der Waals surface area contributed by atoms with Gasteiger partial charge < -0.3 is 15.7 Å². The van der Waals surface area contributed by atoms with Crippen LogP contribution < -0.4 is 10.6 Å². The lowest BCUT2D eigenvalue weighted by Gasteiger charge is -2.26. The molecule has 0 bridgehead atoms. The predicted molar refractivity (Wildman–Crippen MR) is 77.7 cm³/mol. The summed E-state index contributed by atoms with van der Waals surface area (Å²) in [4.78, 5) is 9.25. The van der Waals surface area contributed by atoms with Gasteiger partial charge in [-0.05, 0) is 40.5 Å². The largest absolute Gasteiger partial charge is 0.394 e. The van der Waals surface area contributed by atoms with E-state index < -0.39 is 0 Å². The van der Waals surface area contributed by atoms with Gasteiger partial charge in [0.2, 0.25) is 0 Å². The van der Waals surface area contributed by atoms with Crippen molar-refractivity contribution in [3.8, 4) is 0 Å². The topological polar surface area (TPSA) is 70.1 Å². The predicted octanol–water partition coefficient (Wildman–Crippen LogP) is 2.28. The van der Waals surface area contributed by atoms with E-state index in [2.05, 4.69) is 27.5 Å². The number of anilines is 2. The zero-order valence-electron chi connectivity index (χ0n) is 12.2. The van der Waals surface area contributed by atoms with Crippen LogP contribution in [0, 0.1) is 6.92 Å². The molecule has 1 aromatic heterocycles. The fraction of sp³-hybridized carbons (Fsp3) is 0.714. The third-order valence-corrected chi connectivity index (χ3v) is 3.30. The van der Waals surface area contributed by atoms with Crippen LogP contribution in [0.5, 0.6) is 0 Å². The van der Waals surface area contributed by atoms with E-state index in [1.807, 2.05) is 20.8 Å². The Morgan fingerprint density at radius 3 is 2.42 bits per heavy atom. The van der Waals surface area contributed by atoms with E-state index in [1.54, 1.807) is 0 Å². The number of hydrogen-bond donors (Lipinski definition) is 3. The molecule has 5 nitrogen and oxygen atoms in total. The molecule has 1 saturated carbocycles. The molecular weight excluding hydrogens is 240 g/mol. The summed E-state index contributed by atoms with van der Waals surface area (Å²) < 4.78 is 0. The Bertz CT molecular complexity index is 455. The maximum atomic E-state index is 9.39. The summed E-state index contributed by atoms with van der Waals surface area (Å²) in [6, 6.07) is 0. The summed E-state index contributed by atoms with van der Waals surface area (Å²) >= 11 is 0. The van der Waals surface area contributed by atoms with Crippen LogP contribution >= 0.6 is 0 Å². The Labute approximate surface area is 114 Å². The van der Waals surface area contributed by atoms with Crippen molar-refractivity contribution >= 4 is 11.6 Å². The lowest BCUT2D eigenvalue weighted by atomic mass is 10.1. The average molecular weight is 264 g/mol. The van der Waals surface area contributed by atoms with Crippen molar-refractivity contribution in [3.05, 3.63) is 11.4 Å². The van der Waals surface area contributed by atoms with Crippen LogP contribution in [0.25, 0.3) is 0 Å². The number of nitrogens with one attached hydrogen (secondary N) is 2. The lowest BCUT2D eigenvalue weighted by molar-refractivity contribution is 0.234. The third-order valence-electron chi connectivity index (χ3n) is 3.30. The van der Waals surface area contributed by atoms with Crippen molar-refractivity contribution in [1.82, 2.24) is 9.97 Å². The Hall–Kier alpha value is -1.36. The first-order valence-corrected chi connectivity index (χ1v) is 6.98. The fourth-order valence-electron chi connectivity index (χ4n) is 1.88. The number of aliphatic hydroxyl groups excluding tert-OH is 1. The van der Waals surface area contributed by atoms with E-state index in [0.717, 1.165) is 29.6 Å². The van der Waals surface area contributed by atoms with Crippen molar-refractivity contribution in [3.63, 3.8) is 0 Å². The van der Waals surface area contributed by atoms with E-state index in [9.17, 15) is 5.11 Å². The molecule has 19 heavy (non-hydrogen) atoms. The quantitative estimate of drug-likeness (QED) is 0.735. The number of aromatic nitrogens is 2. The summed E-state index contributed by atoms with van der Waals surface area (Å²) in [6.07, 6.45) is 2.36. The summed E-state index contributed by atoms with van der Waals surface area (Å²) in [5.74, 6) is 3.15. The molecule has 0 unspecified atom stereocenters. The monoisotopic (exact) mass is 264 g/mol. The van der Waals surface area contributed by atoms with Gasteiger partial charge in [-0.15, -0.1) is 0 Å². The van der Waals surface area contributed by atoms with Gasteiger partial charge in [0.05, 0.1) is 12.1 Å². The zero-order chi connectivity index (χ0) is 14.0. The van der Waals surface area contributed by atoms with Crippen LogP contribution in [0.4, 0.5) is 11.6 Å². The molecule has 5 heteroatoms. The minimum atomic E-state index is -0.385. The van der Waals surface area contributed by atoms with E-state index >= 15 is 0 Å². The Morgan fingerprint density at radius 2 is 1.89 bits per heavy atom. The fourth-order valence-corrected chi connectivity index (χ4v) is 1.88. The molecule has 1 fully saturated rings. The second kappa shape index (κ2) is 5.33. The second-order valence-corrected chi connectivity index (χ2v) is 5.88. The van der Waals surface area contributed by atoms with Crippen LogP contribution in [-0.2, 0) is 0 Å². The van der Waals surface area contributed by atoms with Crippen LogP contribution in [0.3, 0.4) is 0 Å². The third kappa shape index (κ3) is 3.35. The molecule has 2 rings (SSSR count). The van der Waals surface area contributed by atoms with Crippen molar-refractivity contribution in [2.45, 2.75) is 52.0 Å². The molecule has 0 aliphatic heterocycles. The molecular formula is C14H24N4O. The van der Waals surface area contributed by atoms with Gasteiger partial charge in [0.1, 0.15) is 17.5 Å². The highest BCUT2D eigenvalue weighted by Gasteiger charge is 2.29. The number of nitrogens with zero attached hydrogens (tertiary/aromatic N) is 2. The maximum absolute atomic E-state index is 9.39. The molecule has 1 aromatic rings. The van der Waals surface area contributed by atoms with Gasteiger partial charge in [-0.2, -0.15) is 0 Å².